The van der Waals surface area contributed by atoms with Crippen LogP contribution in [0.4, 0.5) is 0 Å². The van der Waals surface area contributed by atoms with E-state index in [0.717, 1.165) is 30.6 Å². The smallest absolute Gasteiger partial charge is 0.343 e. The average molecular weight is 529 g/mol. The van der Waals surface area contributed by atoms with Crippen molar-refractivity contribution in [3.63, 3.8) is 0 Å². The molecule has 0 heterocycles. The maximum atomic E-state index is 12.7. The summed E-state index contributed by atoms with van der Waals surface area (Å²) in [7, 11) is 0. The molecule has 0 spiro atoms. The number of unbranched alkanes of at least 4 members (excludes halogenated alkanes) is 9. The van der Waals surface area contributed by atoms with E-state index in [1.54, 1.807) is 0 Å². The standard InChI is InChI=1S/C36H48O3/c1-4-6-8-10-11-12-13-15-30-16-18-32(19-17-30)33-24-26-35(27-25-33)39-36(37)34-22-20-31(21-23-34)29(3)38-28-14-9-7-5-2/h16-27,29H,4-15,28H2,1-3H3. The first-order valence-electron chi connectivity index (χ1n) is 15.2. The number of aryl methyl sites for hydroxylation is 1. The first-order valence-corrected chi connectivity index (χ1v) is 15.2. The second-order valence-electron chi connectivity index (χ2n) is 10.7. The Bertz CT molecular complexity index is 1070. The third-order valence-corrected chi connectivity index (χ3v) is 7.40. The van der Waals surface area contributed by atoms with E-state index in [1.165, 1.54) is 75.3 Å². The number of carbonyl (C=O) groups is 1. The van der Waals surface area contributed by atoms with Gasteiger partial charge in [0.05, 0.1) is 11.7 Å². The van der Waals surface area contributed by atoms with Gasteiger partial charge in [-0.3, -0.25) is 0 Å². The minimum absolute atomic E-state index is 0.0126. The Labute approximate surface area is 237 Å². The number of esters is 1. The molecule has 0 radical (unpaired) electrons. The molecule has 1 atom stereocenters. The molecule has 0 aliphatic heterocycles. The van der Waals surface area contributed by atoms with Gasteiger partial charge in [-0.2, -0.15) is 0 Å². The van der Waals surface area contributed by atoms with Crippen LogP contribution in [-0.4, -0.2) is 12.6 Å². The SMILES string of the molecule is CCCCCCCCCc1ccc(-c2ccc(OC(=O)c3ccc(C(C)OCCCCCC)cc3)cc2)cc1. The number of rotatable bonds is 18. The van der Waals surface area contributed by atoms with Crippen LogP contribution in [0.2, 0.25) is 0 Å². The van der Waals surface area contributed by atoms with Gasteiger partial charge in [-0.1, -0.05) is 120 Å². The highest BCUT2D eigenvalue weighted by atomic mass is 16.5. The normalized spacial score (nSPS) is 11.9. The van der Waals surface area contributed by atoms with Crippen molar-refractivity contribution in [1.82, 2.24) is 0 Å². The van der Waals surface area contributed by atoms with E-state index in [9.17, 15) is 4.79 Å². The summed E-state index contributed by atoms with van der Waals surface area (Å²) in [4.78, 5) is 12.7. The second-order valence-corrected chi connectivity index (χ2v) is 10.7. The van der Waals surface area contributed by atoms with Gasteiger partial charge in [0, 0.05) is 6.61 Å². The third-order valence-electron chi connectivity index (χ3n) is 7.40. The van der Waals surface area contributed by atoms with Crippen LogP contribution in [-0.2, 0) is 11.2 Å². The van der Waals surface area contributed by atoms with Crippen molar-refractivity contribution in [3.8, 4) is 16.9 Å². The molecule has 3 nitrogen and oxygen atoms in total. The van der Waals surface area contributed by atoms with Gasteiger partial charge in [0.2, 0.25) is 0 Å². The predicted octanol–water partition coefficient (Wildman–Crippen LogP) is 10.5. The number of hydrogen-bond donors (Lipinski definition) is 0. The van der Waals surface area contributed by atoms with Crippen LogP contribution in [0.15, 0.2) is 72.8 Å². The minimum atomic E-state index is -0.350. The lowest BCUT2D eigenvalue weighted by molar-refractivity contribution is 0.0626. The van der Waals surface area contributed by atoms with E-state index >= 15 is 0 Å². The number of ether oxygens (including phenoxy) is 2. The molecule has 0 aromatic heterocycles. The van der Waals surface area contributed by atoms with E-state index in [4.69, 9.17) is 9.47 Å². The molecule has 0 saturated heterocycles. The van der Waals surface area contributed by atoms with Crippen LogP contribution in [0.5, 0.6) is 5.75 Å². The Kier molecular flexibility index (Phi) is 13.8. The molecule has 0 bridgehead atoms. The highest BCUT2D eigenvalue weighted by molar-refractivity contribution is 5.91. The van der Waals surface area contributed by atoms with Gasteiger partial charge >= 0.3 is 5.97 Å². The van der Waals surface area contributed by atoms with E-state index in [-0.39, 0.29) is 12.1 Å². The van der Waals surface area contributed by atoms with Crippen molar-refractivity contribution < 1.29 is 14.3 Å². The van der Waals surface area contributed by atoms with E-state index in [1.807, 2.05) is 48.5 Å². The van der Waals surface area contributed by atoms with Crippen LogP contribution in [0.25, 0.3) is 11.1 Å². The molecule has 210 valence electrons. The summed E-state index contributed by atoms with van der Waals surface area (Å²) in [5, 5.41) is 0. The number of hydrogen-bond acceptors (Lipinski definition) is 3. The predicted molar refractivity (Wildman–Crippen MR) is 163 cm³/mol. The summed E-state index contributed by atoms with van der Waals surface area (Å²) in [6.07, 6.45) is 15.3. The Morgan fingerprint density at radius 3 is 1.79 bits per heavy atom. The average Bonchev–Trinajstić information content (AvgIpc) is 2.97. The molecule has 1 unspecified atom stereocenters. The van der Waals surface area contributed by atoms with Crippen LogP contribution in [0, 0.1) is 0 Å². The van der Waals surface area contributed by atoms with E-state index in [0.29, 0.717) is 11.3 Å². The molecule has 3 aromatic carbocycles. The van der Waals surface area contributed by atoms with Gasteiger partial charge in [0.25, 0.3) is 0 Å². The largest absolute Gasteiger partial charge is 0.423 e. The molecule has 0 aliphatic carbocycles. The maximum Gasteiger partial charge on any atom is 0.343 e. The Hall–Kier alpha value is -2.91. The van der Waals surface area contributed by atoms with Crippen LogP contribution < -0.4 is 4.74 Å². The minimum Gasteiger partial charge on any atom is -0.423 e. The zero-order chi connectivity index (χ0) is 27.7. The zero-order valence-corrected chi connectivity index (χ0v) is 24.4. The highest BCUT2D eigenvalue weighted by Gasteiger charge is 2.11. The molecule has 0 N–H and O–H groups in total. The quantitative estimate of drug-likeness (QED) is 0.0935. The summed E-state index contributed by atoms with van der Waals surface area (Å²) >= 11 is 0. The highest BCUT2D eigenvalue weighted by Crippen LogP contribution is 2.24. The first-order chi connectivity index (χ1) is 19.1. The summed E-state index contributed by atoms with van der Waals surface area (Å²) in [5.74, 6) is 0.198. The molecular formula is C36H48O3. The number of benzene rings is 3. The molecule has 0 saturated carbocycles. The monoisotopic (exact) mass is 528 g/mol. The lowest BCUT2D eigenvalue weighted by Gasteiger charge is -2.14. The van der Waals surface area contributed by atoms with Gasteiger partial charge in [-0.15, -0.1) is 0 Å². The fourth-order valence-corrected chi connectivity index (χ4v) is 4.81. The molecular weight excluding hydrogens is 480 g/mol. The Balaban J connectivity index is 1.43. The molecule has 0 fully saturated rings. The molecule has 0 amide bonds. The molecule has 39 heavy (non-hydrogen) atoms. The van der Waals surface area contributed by atoms with Crippen molar-refractivity contribution in [2.75, 3.05) is 6.61 Å². The van der Waals surface area contributed by atoms with Crippen LogP contribution in [0.1, 0.15) is 119 Å². The van der Waals surface area contributed by atoms with Gasteiger partial charge < -0.3 is 9.47 Å². The van der Waals surface area contributed by atoms with Crippen molar-refractivity contribution in [2.24, 2.45) is 0 Å². The van der Waals surface area contributed by atoms with Crippen LogP contribution >= 0.6 is 0 Å². The molecule has 0 aliphatic rings. The first kappa shape index (κ1) is 30.6. The fourth-order valence-electron chi connectivity index (χ4n) is 4.81. The van der Waals surface area contributed by atoms with Crippen molar-refractivity contribution >= 4 is 5.97 Å². The summed E-state index contributed by atoms with van der Waals surface area (Å²) < 4.78 is 11.6. The summed E-state index contributed by atoms with van der Waals surface area (Å²) in [6, 6.07) is 24.1. The fraction of sp³-hybridized carbons (Fsp3) is 0.472. The summed E-state index contributed by atoms with van der Waals surface area (Å²) in [6.45, 7) is 7.30. The number of carbonyl (C=O) groups excluding carboxylic acids is 1. The third kappa shape index (κ3) is 11.0. The van der Waals surface area contributed by atoms with Gasteiger partial charge in [0.1, 0.15) is 5.75 Å². The Morgan fingerprint density at radius 2 is 1.18 bits per heavy atom. The van der Waals surface area contributed by atoms with Crippen molar-refractivity contribution in [3.05, 3.63) is 89.5 Å². The van der Waals surface area contributed by atoms with Crippen molar-refractivity contribution in [1.29, 1.82) is 0 Å². The van der Waals surface area contributed by atoms with Gasteiger partial charge in [-0.05, 0) is 72.7 Å². The molecule has 3 aromatic rings. The lowest BCUT2D eigenvalue weighted by Crippen LogP contribution is -2.09. The lowest BCUT2D eigenvalue weighted by atomic mass is 10.0. The van der Waals surface area contributed by atoms with E-state index in [2.05, 4.69) is 45.0 Å². The maximum absolute atomic E-state index is 12.7. The van der Waals surface area contributed by atoms with Crippen molar-refractivity contribution in [2.45, 2.75) is 104 Å². The Morgan fingerprint density at radius 1 is 0.641 bits per heavy atom. The summed E-state index contributed by atoms with van der Waals surface area (Å²) in [5.41, 5.74) is 5.30. The zero-order valence-electron chi connectivity index (χ0n) is 24.4. The topological polar surface area (TPSA) is 35.5 Å². The molecule has 3 rings (SSSR count). The van der Waals surface area contributed by atoms with E-state index < -0.39 is 0 Å². The van der Waals surface area contributed by atoms with Crippen LogP contribution in [0.3, 0.4) is 0 Å². The van der Waals surface area contributed by atoms with Gasteiger partial charge in [-0.25, -0.2) is 4.79 Å². The van der Waals surface area contributed by atoms with Gasteiger partial charge in [0.15, 0.2) is 0 Å². The molecule has 3 heteroatoms. The second kappa shape index (κ2) is 17.6.